The Kier molecular flexibility index (Phi) is 3.52. The average Bonchev–Trinajstić information content (AvgIpc) is 2.54. The number of pyridine rings is 1. The molecule has 0 N–H and O–H groups in total. The smallest absolute Gasteiger partial charge is 0.339 e. The highest BCUT2D eigenvalue weighted by Crippen LogP contribution is 2.22. The molecule has 1 aliphatic rings. The van der Waals surface area contributed by atoms with Gasteiger partial charge in [-0.2, -0.15) is 0 Å². The topological polar surface area (TPSA) is 51.7 Å². The van der Waals surface area contributed by atoms with Gasteiger partial charge in [0, 0.05) is 30.4 Å². The maximum atomic E-state index is 11.6. The molecule has 1 saturated heterocycles. The maximum Gasteiger partial charge on any atom is 0.339 e. The van der Waals surface area contributed by atoms with E-state index in [-0.39, 0.29) is 5.97 Å². The summed E-state index contributed by atoms with van der Waals surface area (Å²) >= 11 is 0. The molecule has 0 saturated carbocycles. The van der Waals surface area contributed by atoms with Crippen LogP contribution in [0, 0.1) is 0 Å². The summed E-state index contributed by atoms with van der Waals surface area (Å²) in [5.41, 5.74) is 2.47. The second kappa shape index (κ2) is 5.46. The minimum atomic E-state index is -0.365. The molecule has 1 aromatic heterocycles. The van der Waals surface area contributed by atoms with Crippen LogP contribution in [0.3, 0.4) is 0 Å². The molecule has 2 heterocycles. The minimum Gasteiger partial charge on any atom is -0.465 e. The average molecular weight is 272 g/mol. The van der Waals surface area contributed by atoms with Gasteiger partial charge in [-0.3, -0.25) is 4.98 Å². The Hall–Kier alpha value is -2.14. The molecule has 1 aliphatic heterocycles. The number of methoxy groups -OCH3 is 1. The van der Waals surface area contributed by atoms with Crippen LogP contribution < -0.4 is 4.90 Å². The normalized spacial score (nSPS) is 15.3. The van der Waals surface area contributed by atoms with Crippen molar-refractivity contribution in [3.8, 4) is 0 Å². The first-order valence-corrected chi connectivity index (χ1v) is 6.59. The number of fused-ring (bicyclic) bond motifs is 1. The zero-order valence-electron chi connectivity index (χ0n) is 11.3. The Morgan fingerprint density at radius 3 is 2.85 bits per heavy atom. The SMILES string of the molecule is COC(=O)c1cnc2ccc(N3CCOCC3)cc2c1. The number of anilines is 1. The molecule has 104 valence electrons. The summed E-state index contributed by atoms with van der Waals surface area (Å²) in [6.07, 6.45) is 1.54. The highest BCUT2D eigenvalue weighted by molar-refractivity contribution is 5.94. The molecule has 0 bridgehead atoms. The van der Waals surface area contributed by atoms with E-state index in [0.29, 0.717) is 5.56 Å². The molecule has 2 aromatic rings. The summed E-state index contributed by atoms with van der Waals surface area (Å²) in [5.74, 6) is -0.365. The third kappa shape index (κ3) is 2.44. The van der Waals surface area contributed by atoms with Gasteiger partial charge in [0.15, 0.2) is 0 Å². The molecule has 0 radical (unpaired) electrons. The highest BCUT2D eigenvalue weighted by atomic mass is 16.5. The number of morpholine rings is 1. The molecule has 5 heteroatoms. The Morgan fingerprint density at radius 1 is 1.30 bits per heavy atom. The summed E-state index contributed by atoms with van der Waals surface area (Å²) in [6, 6.07) is 7.90. The van der Waals surface area contributed by atoms with E-state index in [2.05, 4.69) is 22.0 Å². The van der Waals surface area contributed by atoms with Gasteiger partial charge in [-0.1, -0.05) is 0 Å². The van der Waals surface area contributed by atoms with Gasteiger partial charge in [-0.05, 0) is 24.3 Å². The van der Waals surface area contributed by atoms with Crippen LogP contribution in [0.2, 0.25) is 0 Å². The molecule has 1 fully saturated rings. The number of carbonyl (C=O) groups is 1. The van der Waals surface area contributed by atoms with E-state index in [1.807, 2.05) is 12.1 Å². The van der Waals surface area contributed by atoms with E-state index in [1.54, 1.807) is 6.20 Å². The van der Waals surface area contributed by atoms with Crippen molar-refractivity contribution >= 4 is 22.6 Å². The summed E-state index contributed by atoms with van der Waals surface area (Å²) in [7, 11) is 1.37. The van der Waals surface area contributed by atoms with Crippen molar-refractivity contribution in [3.05, 3.63) is 36.0 Å². The maximum absolute atomic E-state index is 11.6. The van der Waals surface area contributed by atoms with Crippen molar-refractivity contribution in [1.29, 1.82) is 0 Å². The van der Waals surface area contributed by atoms with Crippen LogP contribution in [0.15, 0.2) is 30.5 Å². The first kappa shape index (κ1) is 12.9. The van der Waals surface area contributed by atoms with Crippen LogP contribution in [0.5, 0.6) is 0 Å². The molecule has 0 unspecified atom stereocenters. The lowest BCUT2D eigenvalue weighted by atomic mass is 10.1. The van der Waals surface area contributed by atoms with Gasteiger partial charge in [-0.25, -0.2) is 4.79 Å². The van der Waals surface area contributed by atoms with E-state index in [1.165, 1.54) is 7.11 Å². The Bertz CT molecular complexity index is 636. The van der Waals surface area contributed by atoms with Crippen LogP contribution in [0.4, 0.5) is 5.69 Å². The molecule has 3 rings (SSSR count). The molecule has 20 heavy (non-hydrogen) atoms. The number of nitrogens with zero attached hydrogens (tertiary/aromatic N) is 2. The van der Waals surface area contributed by atoms with Crippen LogP contribution in [0.1, 0.15) is 10.4 Å². The summed E-state index contributed by atoms with van der Waals surface area (Å²) in [6.45, 7) is 3.27. The van der Waals surface area contributed by atoms with Crippen molar-refractivity contribution < 1.29 is 14.3 Å². The standard InChI is InChI=1S/C15H16N2O3/c1-19-15(18)12-8-11-9-13(2-3-14(11)16-10-12)17-4-6-20-7-5-17/h2-3,8-10H,4-7H2,1H3. The van der Waals surface area contributed by atoms with Crippen LogP contribution in [-0.4, -0.2) is 44.4 Å². The Labute approximate surface area is 117 Å². The van der Waals surface area contributed by atoms with Crippen molar-refractivity contribution in [2.45, 2.75) is 0 Å². The summed E-state index contributed by atoms with van der Waals surface area (Å²) in [4.78, 5) is 18.1. The van der Waals surface area contributed by atoms with E-state index in [4.69, 9.17) is 9.47 Å². The molecule has 0 aliphatic carbocycles. The van der Waals surface area contributed by atoms with Gasteiger partial charge in [-0.15, -0.1) is 0 Å². The molecule has 0 spiro atoms. The zero-order chi connectivity index (χ0) is 13.9. The van der Waals surface area contributed by atoms with Gasteiger partial charge in [0.25, 0.3) is 0 Å². The van der Waals surface area contributed by atoms with Crippen LogP contribution in [0.25, 0.3) is 10.9 Å². The van der Waals surface area contributed by atoms with Crippen molar-refractivity contribution in [2.24, 2.45) is 0 Å². The van der Waals surface area contributed by atoms with Crippen molar-refractivity contribution in [1.82, 2.24) is 4.98 Å². The Morgan fingerprint density at radius 2 is 2.10 bits per heavy atom. The molecular formula is C15H16N2O3. The lowest BCUT2D eigenvalue weighted by Gasteiger charge is -2.29. The fraction of sp³-hybridized carbons (Fsp3) is 0.333. The van der Waals surface area contributed by atoms with Gasteiger partial charge in [0.1, 0.15) is 0 Å². The van der Waals surface area contributed by atoms with E-state index < -0.39 is 0 Å². The first-order chi connectivity index (χ1) is 9.78. The quantitative estimate of drug-likeness (QED) is 0.781. The number of rotatable bonds is 2. The number of hydrogen-bond acceptors (Lipinski definition) is 5. The van der Waals surface area contributed by atoms with Crippen LogP contribution >= 0.6 is 0 Å². The van der Waals surface area contributed by atoms with Gasteiger partial charge >= 0.3 is 5.97 Å². The first-order valence-electron chi connectivity index (χ1n) is 6.59. The molecule has 0 atom stereocenters. The number of aromatic nitrogens is 1. The highest BCUT2D eigenvalue weighted by Gasteiger charge is 2.12. The monoisotopic (exact) mass is 272 g/mol. The predicted octanol–water partition coefficient (Wildman–Crippen LogP) is 1.86. The predicted molar refractivity (Wildman–Crippen MR) is 76.1 cm³/mol. The van der Waals surface area contributed by atoms with Crippen molar-refractivity contribution in [3.63, 3.8) is 0 Å². The van der Waals surface area contributed by atoms with Gasteiger partial charge in [0.05, 0.1) is 31.4 Å². The third-order valence-electron chi connectivity index (χ3n) is 3.46. The lowest BCUT2D eigenvalue weighted by Crippen LogP contribution is -2.36. The minimum absolute atomic E-state index is 0.365. The van der Waals surface area contributed by atoms with E-state index in [9.17, 15) is 4.79 Å². The largest absolute Gasteiger partial charge is 0.465 e. The molecule has 0 amide bonds. The summed E-state index contributed by atoms with van der Waals surface area (Å²) in [5, 5.41) is 0.942. The second-order valence-corrected chi connectivity index (χ2v) is 4.69. The summed E-state index contributed by atoms with van der Waals surface area (Å²) < 4.78 is 10.1. The molecular weight excluding hydrogens is 256 g/mol. The van der Waals surface area contributed by atoms with E-state index >= 15 is 0 Å². The Balaban J connectivity index is 1.97. The van der Waals surface area contributed by atoms with E-state index in [0.717, 1.165) is 42.9 Å². The fourth-order valence-corrected chi connectivity index (χ4v) is 2.37. The fourth-order valence-electron chi connectivity index (χ4n) is 2.37. The number of esters is 1. The van der Waals surface area contributed by atoms with Gasteiger partial charge in [0.2, 0.25) is 0 Å². The second-order valence-electron chi connectivity index (χ2n) is 4.69. The molecule has 5 nitrogen and oxygen atoms in total. The molecule has 1 aromatic carbocycles. The zero-order valence-corrected chi connectivity index (χ0v) is 11.3. The third-order valence-corrected chi connectivity index (χ3v) is 3.46. The number of hydrogen-bond donors (Lipinski definition) is 0. The van der Waals surface area contributed by atoms with Crippen LogP contribution in [-0.2, 0) is 9.47 Å². The lowest BCUT2D eigenvalue weighted by molar-refractivity contribution is 0.0600. The number of benzene rings is 1. The number of carbonyl (C=O) groups excluding carboxylic acids is 1. The number of ether oxygens (including phenoxy) is 2. The van der Waals surface area contributed by atoms with Crippen molar-refractivity contribution in [2.75, 3.05) is 38.3 Å². The van der Waals surface area contributed by atoms with Gasteiger partial charge < -0.3 is 14.4 Å².